The van der Waals surface area contributed by atoms with Crippen LogP contribution < -0.4 is 4.74 Å². The molecule has 0 aliphatic carbocycles. The van der Waals surface area contributed by atoms with Crippen molar-refractivity contribution in [3.8, 4) is 11.6 Å². The first kappa shape index (κ1) is 16.7. The Hall–Kier alpha value is -0.690. The minimum Gasteiger partial charge on any atom is -0.434 e. The third kappa shape index (κ3) is 3.94. The average Bonchev–Trinajstić information content (AvgIpc) is 2.33. The molecule has 2 nitrogen and oxygen atoms in total. The zero-order chi connectivity index (χ0) is 15.8. The van der Waals surface area contributed by atoms with Gasteiger partial charge in [-0.2, -0.15) is 13.2 Å². The molecule has 2 rings (SSSR count). The zero-order valence-corrected chi connectivity index (χ0v) is 13.7. The van der Waals surface area contributed by atoms with Gasteiger partial charge in [0.15, 0.2) is 5.75 Å². The van der Waals surface area contributed by atoms with Crippen molar-refractivity contribution in [1.82, 2.24) is 4.98 Å². The Morgan fingerprint density at radius 3 is 2.05 bits per heavy atom. The van der Waals surface area contributed by atoms with E-state index in [0.717, 1.165) is 0 Å². The summed E-state index contributed by atoms with van der Waals surface area (Å²) in [5.74, 6) is -0.175. The highest BCUT2D eigenvalue weighted by Gasteiger charge is 2.32. The van der Waals surface area contributed by atoms with Gasteiger partial charge in [0.25, 0.3) is 0 Å². The maximum absolute atomic E-state index is 12.5. The first-order valence-corrected chi connectivity index (χ1v) is 7.16. The molecule has 0 atom stereocenters. The molecule has 0 unspecified atom stereocenters. The van der Waals surface area contributed by atoms with Gasteiger partial charge in [0.1, 0.15) is 5.02 Å². The number of nitrogens with zero attached hydrogens (tertiary/aromatic N) is 1. The van der Waals surface area contributed by atoms with Gasteiger partial charge in [0.05, 0.1) is 15.6 Å². The number of rotatable bonds is 2. The van der Waals surface area contributed by atoms with E-state index in [-0.39, 0.29) is 26.7 Å². The van der Waals surface area contributed by atoms with E-state index in [1.54, 1.807) is 0 Å². The van der Waals surface area contributed by atoms with Crippen molar-refractivity contribution in [2.75, 3.05) is 0 Å². The molecule has 0 bridgehead atoms. The average molecular weight is 421 g/mol. The Bertz CT molecular complexity index is 671. The summed E-state index contributed by atoms with van der Waals surface area (Å²) in [5, 5.41) is 0.0131. The van der Waals surface area contributed by atoms with Crippen LogP contribution in [-0.4, -0.2) is 4.98 Å². The molecule has 1 aromatic heterocycles. The van der Waals surface area contributed by atoms with Crippen LogP contribution in [0, 0.1) is 0 Å². The Kier molecular flexibility index (Phi) is 4.92. The predicted octanol–water partition coefficient (Wildman–Crippen LogP) is 6.62. The molecule has 0 amide bonds. The molecule has 0 N–H and O–H groups in total. The Morgan fingerprint density at radius 1 is 1.00 bits per heavy atom. The van der Waals surface area contributed by atoms with Crippen LogP contribution >= 0.6 is 50.7 Å². The zero-order valence-electron chi connectivity index (χ0n) is 9.81. The standard InChI is InChI=1S/C12H4BrCl3F3NO/c13-6-2-7(14)10(8(15)3-6)21-11-9(16)1-5(4-20-11)12(17,18)19/h1-4H. The van der Waals surface area contributed by atoms with Crippen LogP contribution in [0.25, 0.3) is 0 Å². The Labute approximate surface area is 140 Å². The lowest BCUT2D eigenvalue weighted by atomic mass is 10.3. The van der Waals surface area contributed by atoms with Gasteiger partial charge in [-0.25, -0.2) is 4.98 Å². The van der Waals surface area contributed by atoms with Crippen molar-refractivity contribution in [1.29, 1.82) is 0 Å². The fourth-order valence-corrected chi connectivity index (χ4v) is 2.87. The smallest absolute Gasteiger partial charge is 0.417 e. The van der Waals surface area contributed by atoms with Gasteiger partial charge in [-0.1, -0.05) is 50.7 Å². The highest BCUT2D eigenvalue weighted by atomic mass is 79.9. The summed E-state index contributed by atoms with van der Waals surface area (Å²) >= 11 is 20.8. The molecule has 21 heavy (non-hydrogen) atoms. The molecule has 0 saturated carbocycles. The van der Waals surface area contributed by atoms with Crippen LogP contribution in [0.2, 0.25) is 15.1 Å². The van der Waals surface area contributed by atoms with Gasteiger partial charge in [0.2, 0.25) is 5.88 Å². The number of ether oxygens (including phenoxy) is 1. The second-order valence-electron chi connectivity index (χ2n) is 3.81. The van der Waals surface area contributed by atoms with Crippen molar-refractivity contribution >= 4 is 50.7 Å². The fourth-order valence-electron chi connectivity index (χ4n) is 1.38. The molecular formula is C12H4BrCl3F3NO. The van der Waals surface area contributed by atoms with Crippen LogP contribution in [0.4, 0.5) is 13.2 Å². The molecule has 0 aliphatic heterocycles. The summed E-state index contributed by atoms with van der Waals surface area (Å²) in [5.41, 5.74) is -0.979. The van der Waals surface area contributed by atoms with Crippen molar-refractivity contribution < 1.29 is 17.9 Å². The lowest BCUT2D eigenvalue weighted by Crippen LogP contribution is -2.05. The van der Waals surface area contributed by atoms with Crippen molar-refractivity contribution in [3.63, 3.8) is 0 Å². The van der Waals surface area contributed by atoms with Crippen LogP contribution in [0.1, 0.15) is 5.56 Å². The molecule has 0 saturated heterocycles. The lowest BCUT2D eigenvalue weighted by Gasteiger charge is -2.12. The largest absolute Gasteiger partial charge is 0.434 e. The molecule has 0 spiro atoms. The number of halogens is 7. The van der Waals surface area contributed by atoms with Gasteiger partial charge in [0, 0.05) is 10.7 Å². The Balaban J connectivity index is 2.37. The summed E-state index contributed by atoms with van der Waals surface area (Å²) in [6.45, 7) is 0. The van der Waals surface area contributed by atoms with Crippen molar-refractivity contribution in [3.05, 3.63) is 49.5 Å². The molecule has 2 aromatic rings. The fraction of sp³-hybridized carbons (Fsp3) is 0.0833. The summed E-state index contributed by atoms with van der Waals surface area (Å²) < 4.78 is 43.5. The molecular weight excluding hydrogens is 417 g/mol. The summed E-state index contributed by atoms with van der Waals surface area (Å²) in [6.07, 6.45) is -3.93. The molecule has 0 radical (unpaired) electrons. The summed E-state index contributed by atoms with van der Waals surface area (Å²) in [6, 6.07) is 3.74. The van der Waals surface area contributed by atoms with Crippen molar-refractivity contribution in [2.24, 2.45) is 0 Å². The lowest BCUT2D eigenvalue weighted by molar-refractivity contribution is -0.137. The quantitative estimate of drug-likeness (QED) is 0.544. The monoisotopic (exact) mass is 419 g/mol. The predicted molar refractivity (Wildman–Crippen MR) is 78.5 cm³/mol. The van der Waals surface area contributed by atoms with E-state index in [4.69, 9.17) is 39.5 Å². The highest BCUT2D eigenvalue weighted by Crippen LogP contribution is 2.40. The van der Waals surface area contributed by atoms with Crippen LogP contribution in [0.5, 0.6) is 11.6 Å². The van der Waals surface area contributed by atoms with E-state index in [2.05, 4.69) is 20.9 Å². The second kappa shape index (κ2) is 6.20. The maximum atomic E-state index is 12.5. The third-order valence-electron chi connectivity index (χ3n) is 2.30. The SMILES string of the molecule is FC(F)(F)c1cnc(Oc2c(Cl)cc(Br)cc2Cl)c(Cl)c1. The van der Waals surface area contributed by atoms with Gasteiger partial charge in [-0.15, -0.1) is 0 Å². The minimum atomic E-state index is -4.54. The van der Waals surface area contributed by atoms with E-state index in [1.165, 1.54) is 12.1 Å². The van der Waals surface area contributed by atoms with E-state index >= 15 is 0 Å². The van der Waals surface area contributed by atoms with Crippen LogP contribution in [-0.2, 0) is 6.18 Å². The molecule has 0 fully saturated rings. The molecule has 1 heterocycles. The van der Waals surface area contributed by atoms with Gasteiger partial charge < -0.3 is 4.74 Å². The normalized spacial score (nSPS) is 11.6. The summed E-state index contributed by atoms with van der Waals surface area (Å²) in [7, 11) is 0. The topological polar surface area (TPSA) is 22.1 Å². The molecule has 0 aliphatic rings. The molecule has 112 valence electrons. The Morgan fingerprint density at radius 2 is 1.57 bits per heavy atom. The number of pyridine rings is 1. The van der Waals surface area contributed by atoms with Crippen LogP contribution in [0.15, 0.2) is 28.9 Å². The maximum Gasteiger partial charge on any atom is 0.417 e. The van der Waals surface area contributed by atoms with E-state index in [1.807, 2.05) is 0 Å². The second-order valence-corrected chi connectivity index (χ2v) is 5.95. The third-order valence-corrected chi connectivity index (χ3v) is 3.59. The molecule has 9 heteroatoms. The van der Waals surface area contributed by atoms with E-state index in [9.17, 15) is 13.2 Å². The molecule has 1 aromatic carbocycles. The number of alkyl halides is 3. The van der Waals surface area contributed by atoms with Gasteiger partial charge in [-0.3, -0.25) is 0 Å². The first-order chi connectivity index (χ1) is 9.68. The number of hydrogen-bond acceptors (Lipinski definition) is 2. The minimum absolute atomic E-state index is 0.0516. The summed E-state index contributed by atoms with van der Waals surface area (Å²) in [4.78, 5) is 3.54. The van der Waals surface area contributed by atoms with E-state index in [0.29, 0.717) is 16.7 Å². The van der Waals surface area contributed by atoms with Gasteiger partial charge in [-0.05, 0) is 18.2 Å². The number of benzene rings is 1. The van der Waals surface area contributed by atoms with Gasteiger partial charge >= 0.3 is 6.18 Å². The van der Waals surface area contributed by atoms with E-state index < -0.39 is 11.7 Å². The number of aromatic nitrogens is 1. The first-order valence-electron chi connectivity index (χ1n) is 5.23. The van der Waals surface area contributed by atoms with Crippen molar-refractivity contribution in [2.45, 2.75) is 6.18 Å². The number of hydrogen-bond donors (Lipinski definition) is 0. The van der Waals surface area contributed by atoms with Crippen LogP contribution in [0.3, 0.4) is 0 Å². The highest BCUT2D eigenvalue weighted by molar-refractivity contribution is 9.10.